The molecule has 0 aromatic heterocycles. The molecule has 1 unspecified atom stereocenters. The van der Waals surface area contributed by atoms with Gasteiger partial charge in [-0.15, -0.1) is 0 Å². The Morgan fingerprint density at radius 1 is 1.25 bits per heavy atom. The van der Waals surface area contributed by atoms with Crippen LogP contribution in [0.15, 0.2) is 46.9 Å². The fourth-order valence-electron chi connectivity index (χ4n) is 2.17. The second kappa shape index (κ2) is 8.17. The maximum absolute atomic E-state index is 12.4. The molecule has 0 fully saturated rings. The number of hydrogen-bond acceptors (Lipinski definition) is 3. The first kappa shape index (κ1) is 18.3. The molecule has 2 aromatic carbocycles. The monoisotopic (exact) mass is 411 g/mol. The second-order valence-electron chi connectivity index (χ2n) is 5.02. The van der Waals surface area contributed by atoms with E-state index in [2.05, 4.69) is 21.2 Å². The van der Waals surface area contributed by atoms with Gasteiger partial charge in [-0.25, -0.2) is 0 Å². The van der Waals surface area contributed by atoms with Gasteiger partial charge in [0.05, 0.1) is 24.0 Å². The van der Waals surface area contributed by atoms with Gasteiger partial charge in [0.15, 0.2) is 0 Å². The predicted molar refractivity (Wildman–Crippen MR) is 94.6 cm³/mol. The van der Waals surface area contributed by atoms with Crippen LogP contribution < -0.4 is 10.1 Å². The Hall–Kier alpha value is -2.05. The van der Waals surface area contributed by atoms with Crippen molar-refractivity contribution in [3.63, 3.8) is 0 Å². The van der Waals surface area contributed by atoms with Crippen molar-refractivity contribution in [1.82, 2.24) is 5.32 Å². The molecule has 0 aliphatic carbocycles. The molecule has 0 aliphatic rings. The van der Waals surface area contributed by atoms with Crippen molar-refractivity contribution in [2.75, 3.05) is 7.11 Å². The van der Waals surface area contributed by atoms with Crippen LogP contribution in [0.3, 0.4) is 0 Å². The van der Waals surface area contributed by atoms with Gasteiger partial charge in [0.1, 0.15) is 5.75 Å². The molecule has 2 rings (SSSR count). The van der Waals surface area contributed by atoms with E-state index in [9.17, 15) is 9.59 Å². The average molecular weight is 413 g/mol. The molecule has 0 saturated carbocycles. The molecule has 0 saturated heterocycles. The van der Waals surface area contributed by atoms with Crippen LogP contribution in [0.25, 0.3) is 0 Å². The van der Waals surface area contributed by atoms with Gasteiger partial charge in [-0.2, -0.15) is 0 Å². The normalized spacial score (nSPS) is 11.6. The van der Waals surface area contributed by atoms with Crippen molar-refractivity contribution in [3.8, 4) is 5.75 Å². The van der Waals surface area contributed by atoms with Crippen LogP contribution >= 0.6 is 27.5 Å². The zero-order valence-corrected chi connectivity index (χ0v) is 15.1. The molecule has 0 spiro atoms. The Labute approximate surface area is 152 Å². The van der Waals surface area contributed by atoms with E-state index >= 15 is 0 Å². The fourth-order valence-corrected chi connectivity index (χ4v) is 2.84. The van der Waals surface area contributed by atoms with Crippen molar-refractivity contribution in [1.29, 1.82) is 0 Å². The van der Waals surface area contributed by atoms with Crippen molar-refractivity contribution in [2.45, 2.75) is 12.5 Å². The van der Waals surface area contributed by atoms with Crippen LogP contribution in [0.1, 0.15) is 28.4 Å². The Bertz CT molecular complexity index is 749. The van der Waals surface area contributed by atoms with Gasteiger partial charge in [0.25, 0.3) is 5.91 Å². The summed E-state index contributed by atoms with van der Waals surface area (Å²) in [5.74, 6) is -0.781. The van der Waals surface area contributed by atoms with Crippen molar-refractivity contribution in [2.24, 2.45) is 0 Å². The zero-order valence-electron chi connectivity index (χ0n) is 12.8. The predicted octanol–water partition coefficient (Wildman–Crippen LogP) is 4.06. The molecule has 0 aliphatic heterocycles. The van der Waals surface area contributed by atoms with Crippen molar-refractivity contribution < 1.29 is 19.4 Å². The summed E-state index contributed by atoms with van der Waals surface area (Å²) >= 11 is 9.17. The summed E-state index contributed by atoms with van der Waals surface area (Å²) in [5, 5.41) is 12.4. The third-order valence-electron chi connectivity index (χ3n) is 3.37. The number of aliphatic carboxylic acids is 1. The summed E-state index contributed by atoms with van der Waals surface area (Å²) in [5.41, 5.74) is 1.06. The van der Waals surface area contributed by atoms with Crippen LogP contribution in [-0.2, 0) is 4.79 Å². The van der Waals surface area contributed by atoms with Crippen LogP contribution in [0.5, 0.6) is 5.75 Å². The Morgan fingerprint density at radius 3 is 2.46 bits per heavy atom. The minimum atomic E-state index is -1.01. The van der Waals surface area contributed by atoms with Crippen LogP contribution in [0.2, 0.25) is 5.02 Å². The smallest absolute Gasteiger partial charge is 0.305 e. The van der Waals surface area contributed by atoms with E-state index in [1.807, 2.05) is 0 Å². The number of benzene rings is 2. The topological polar surface area (TPSA) is 75.6 Å². The largest absolute Gasteiger partial charge is 0.496 e. The number of carboxylic acid groups (broad SMARTS) is 1. The van der Waals surface area contributed by atoms with Gasteiger partial charge in [0, 0.05) is 10.6 Å². The molecule has 1 amide bonds. The average Bonchev–Trinajstić information content (AvgIpc) is 2.54. The number of halogens is 2. The van der Waals surface area contributed by atoms with E-state index in [1.54, 1.807) is 42.5 Å². The molecule has 0 bridgehead atoms. The number of amides is 1. The van der Waals surface area contributed by atoms with E-state index in [-0.39, 0.29) is 12.3 Å². The van der Waals surface area contributed by atoms with Gasteiger partial charge in [-0.1, -0.05) is 23.7 Å². The van der Waals surface area contributed by atoms with Gasteiger partial charge in [0.2, 0.25) is 0 Å². The van der Waals surface area contributed by atoms with Gasteiger partial charge in [-0.05, 0) is 51.8 Å². The van der Waals surface area contributed by atoms with E-state index in [0.717, 1.165) is 0 Å². The lowest BCUT2D eigenvalue weighted by molar-refractivity contribution is -0.137. The molecule has 126 valence electrons. The third-order valence-corrected chi connectivity index (χ3v) is 4.24. The molecule has 0 heterocycles. The van der Waals surface area contributed by atoms with Crippen LogP contribution in [0, 0.1) is 0 Å². The standard InChI is InChI=1S/C17H15BrClNO4/c1-24-15-7-4-11(8-13(15)18)17(23)20-14(9-16(21)22)10-2-5-12(19)6-3-10/h2-8,14H,9H2,1H3,(H,20,23)(H,21,22). The Kier molecular flexibility index (Phi) is 6.23. The van der Waals surface area contributed by atoms with E-state index in [1.165, 1.54) is 7.11 Å². The number of carbonyl (C=O) groups excluding carboxylic acids is 1. The molecule has 24 heavy (non-hydrogen) atoms. The molecular formula is C17H15BrClNO4. The number of ether oxygens (including phenoxy) is 1. The fraction of sp³-hybridized carbons (Fsp3) is 0.176. The van der Waals surface area contributed by atoms with E-state index in [4.69, 9.17) is 21.4 Å². The Balaban J connectivity index is 2.22. The maximum Gasteiger partial charge on any atom is 0.305 e. The van der Waals surface area contributed by atoms with Crippen molar-refractivity contribution in [3.05, 3.63) is 63.1 Å². The Morgan fingerprint density at radius 2 is 1.92 bits per heavy atom. The highest BCUT2D eigenvalue weighted by atomic mass is 79.9. The number of carboxylic acids is 1. The summed E-state index contributed by atoms with van der Waals surface area (Å²) in [6.45, 7) is 0. The van der Waals surface area contributed by atoms with Gasteiger partial charge in [-0.3, -0.25) is 9.59 Å². The summed E-state index contributed by atoms with van der Waals surface area (Å²) in [6, 6.07) is 10.9. The van der Waals surface area contributed by atoms with Gasteiger partial charge < -0.3 is 15.2 Å². The summed E-state index contributed by atoms with van der Waals surface area (Å²) in [7, 11) is 1.53. The summed E-state index contributed by atoms with van der Waals surface area (Å²) < 4.78 is 5.76. The molecule has 0 radical (unpaired) electrons. The second-order valence-corrected chi connectivity index (χ2v) is 6.32. The lowest BCUT2D eigenvalue weighted by Crippen LogP contribution is -2.30. The SMILES string of the molecule is COc1ccc(C(=O)NC(CC(=O)O)c2ccc(Cl)cc2)cc1Br. The van der Waals surface area contributed by atoms with Gasteiger partial charge >= 0.3 is 5.97 Å². The van der Waals surface area contributed by atoms with Crippen molar-refractivity contribution >= 4 is 39.4 Å². The number of carbonyl (C=O) groups is 2. The highest BCUT2D eigenvalue weighted by Crippen LogP contribution is 2.26. The number of methoxy groups -OCH3 is 1. The lowest BCUT2D eigenvalue weighted by atomic mass is 10.0. The molecular weight excluding hydrogens is 398 g/mol. The zero-order chi connectivity index (χ0) is 17.7. The number of rotatable bonds is 6. The quantitative estimate of drug-likeness (QED) is 0.750. The lowest BCUT2D eigenvalue weighted by Gasteiger charge is -2.18. The first-order chi connectivity index (χ1) is 11.4. The van der Waals surface area contributed by atoms with E-state index in [0.29, 0.717) is 26.4 Å². The first-order valence-corrected chi connectivity index (χ1v) is 8.19. The highest BCUT2D eigenvalue weighted by Gasteiger charge is 2.19. The summed E-state index contributed by atoms with van der Waals surface area (Å²) in [6.07, 6.45) is -0.231. The minimum Gasteiger partial charge on any atom is -0.496 e. The molecule has 5 nitrogen and oxygen atoms in total. The van der Waals surface area contributed by atoms with Crippen LogP contribution in [-0.4, -0.2) is 24.1 Å². The first-order valence-electron chi connectivity index (χ1n) is 7.02. The minimum absolute atomic E-state index is 0.231. The summed E-state index contributed by atoms with van der Waals surface area (Å²) in [4.78, 5) is 23.5. The maximum atomic E-state index is 12.4. The number of hydrogen-bond donors (Lipinski definition) is 2. The number of nitrogens with one attached hydrogen (secondary N) is 1. The molecule has 2 aromatic rings. The van der Waals surface area contributed by atoms with Crippen LogP contribution in [0.4, 0.5) is 0 Å². The molecule has 1 atom stereocenters. The highest BCUT2D eigenvalue weighted by molar-refractivity contribution is 9.10. The van der Waals surface area contributed by atoms with E-state index < -0.39 is 12.0 Å². The third kappa shape index (κ3) is 4.72. The molecule has 2 N–H and O–H groups in total. The molecule has 7 heteroatoms.